The number of likely N-dealkylation sites (N-methyl/N-ethyl adjacent to an activating group) is 1. The third-order valence-corrected chi connectivity index (χ3v) is 2.97. The second kappa shape index (κ2) is 6.08. The van der Waals surface area contributed by atoms with Crippen LogP contribution in [0, 0.1) is 0 Å². The average molecular weight is 280 g/mol. The highest BCUT2D eigenvalue weighted by molar-refractivity contribution is 6.01. The first kappa shape index (κ1) is 14.6. The number of nitrogens with zero attached hydrogens (tertiary/aromatic N) is 4. The number of rotatable bonds is 5. The summed E-state index contributed by atoms with van der Waals surface area (Å²) in [7, 11) is 3.94. The molecule has 110 valence electrons. The maximum atomic E-state index is 10.1. The van der Waals surface area contributed by atoms with Gasteiger partial charge in [0.15, 0.2) is 5.84 Å². The van der Waals surface area contributed by atoms with Crippen molar-refractivity contribution in [2.75, 3.05) is 37.5 Å². The standard InChI is InChI=1S/C13H20N4O3/c1-4-13-14-17(19)11-6-5-10(9-12(11)16(13)18)20-8-7-15(2)3/h5-6,9,18-19H,4,7-8H2,1-3H3. The largest absolute Gasteiger partial charge is 0.492 e. The molecule has 0 aromatic heterocycles. The molecule has 0 bridgehead atoms. The summed E-state index contributed by atoms with van der Waals surface area (Å²) in [4.78, 5) is 2.02. The number of hydroxylamine groups is 1. The maximum absolute atomic E-state index is 10.1. The minimum atomic E-state index is 0.366. The number of anilines is 2. The molecular weight excluding hydrogens is 260 g/mol. The van der Waals surface area contributed by atoms with Crippen LogP contribution in [0.3, 0.4) is 0 Å². The van der Waals surface area contributed by atoms with Gasteiger partial charge in [0, 0.05) is 19.0 Å². The molecule has 1 aromatic rings. The van der Waals surface area contributed by atoms with Gasteiger partial charge in [0.05, 0.1) is 0 Å². The monoisotopic (exact) mass is 280 g/mol. The lowest BCUT2D eigenvalue weighted by molar-refractivity contribution is 0.243. The van der Waals surface area contributed by atoms with Crippen molar-refractivity contribution in [3.63, 3.8) is 0 Å². The number of hydrazone groups is 1. The first-order chi connectivity index (χ1) is 9.52. The fraction of sp³-hybridized carbons (Fsp3) is 0.462. The smallest absolute Gasteiger partial charge is 0.157 e. The quantitative estimate of drug-likeness (QED) is 0.856. The van der Waals surface area contributed by atoms with E-state index in [1.807, 2.05) is 25.9 Å². The third kappa shape index (κ3) is 3.01. The highest BCUT2D eigenvalue weighted by Gasteiger charge is 2.24. The second-order valence-corrected chi connectivity index (χ2v) is 4.77. The molecule has 1 heterocycles. The number of fused-ring (bicyclic) bond motifs is 1. The predicted octanol–water partition coefficient (Wildman–Crippen LogP) is 1.76. The van der Waals surface area contributed by atoms with E-state index < -0.39 is 0 Å². The van der Waals surface area contributed by atoms with Gasteiger partial charge in [-0.15, -0.1) is 10.3 Å². The summed E-state index contributed by atoms with van der Waals surface area (Å²) in [5.74, 6) is 1.00. The van der Waals surface area contributed by atoms with Crippen molar-refractivity contribution >= 4 is 17.2 Å². The Morgan fingerprint density at radius 1 is 1.25 bits per heavy atom. The van der Waals surface area contributed by atoms with Gasteiger partial charge in [-0.1, -0.05) is 6.92 Å². The van der Waals surface area contributed by atoms with E-state index in [9.17, 15) is 10.4 Å². The fourth-order valence-electron chi connectivity index (χ4n) is 1.84. The van der Waals surface area contributed by atoms with Crippen molar-refractivity contribution in [1.82, 2.24) is 4.90 Å². The molecule has 7 nitrogen and oxygen atoms in total. The van der Waals surface area contributed by atoms with Gasteiger partial charge in [0.2, 0.25) is 0 Å². The number of hydrogen-bond donors (Lipinski definition) is 2. The van der Waals surface area contributed by atoms with Gasteiger partial charge >= 0.3 is 0 Å². The molecule has 1 aromatic carbocycles. The van der Waals surface area contributed by atoms with E-state index >= 15 is 0 Å². The number of ether oxygens (including phenoxy) is 1. The minimum absolute atomic E-state index is 0.366. The molecule has 0 spiro atoms. The van der Waals surface area contributed by atoms with Gasteiger partial charge in [-0.2, -0.15) is 0 Å². The summed E-state index contributed by atoms with van der Waals surface area (Å²) >= 11 is 0. The van der Waals surface area contributed by atoms with Gasteiger partial charge in [-0.25, -0.2) is 5.06 Å². The van der Waals surface area contributed by atoms with Crippen molar-refractivity contribution in [1.29, 1.82) is 0 Å². The summed E-state index contributed by atoms with van der Waals surface area (Å²) in [5.41, 5.74) is 0.853. The molecule has 2 rings (SSSR count). The SMILES string of the molecule is CCC1=NN(O)c2ccc(OCCN(C)C)cc2N1O. The van der Waals surface area contributed by atoms with E-state index in [2.05, 4.69) is 5.10 Å². The minimum Gasteiger partial charge on any atom is -0.492 e. The summed E-state index contributed by atoms with van der Waals surface area (Å²) in [5, 5.41) is 25.5. The zero-order valence-corrected chi connectivity index (χ0v) is 11.9. The molecule has 1 aliphatic heterocycles. The lowest BCUT2D eigenvalue weighted by Crippen LogP contribution is -2.34. The second-order valence-electron chi connectivity index (χ2n) is 4.77. The molecule has 7 heteroatoms. The third-order valence-electron chi connectivity index (χ3n) is 2.97. The van der Waals surface area contributed by atoms with Crippen LogP contribution in [0.5, 0.6) is 5.75 Å². The van der Waals surface area contributed by atoms with Crippen molar-refractivity contribution in [3.05, 3.63) is 18.2 Å². The van der Waals surface area contributed by atoms with Gasteiger partial charge in [0.1, 0.15) is 23.7 Å². The lowest BCUT2D eigenvalue weighted by Gasteiger charge is -2.29. The van der Waals surface area contributed by atoms with Crippen LogP contribution in [-0.4, -0.2) is 48.4 Å². The Kier molecular flexibility index (Phi) is 4.43. The van der Waals surface area contributed by atoms with Gasteiger partial charge in [-0.05, 0) is 26.2 Å². The molecule has 0 amide bonds. The molecule has 0 radical (unpaired) electrons. The van der Waals surface area contributed by atoms with Crippen LogP contribution in [0.15, 0.2) is 23.3 Å². The number of amidine groups is 1. The highest BCUT2D eigenvalue weighted by Crippen LogP contribution is 2.35. The van der Waals surface area contributed by atoms with Crippen LogP contribution in [0.25, 0.3) is 0 Å². The summed E-state index contributed by atoms with van der Waals surface area (Å²) in [6.07, 6.45) is 0.499. The Hall–Kier alpha value is -1.83. The summed E-state index contributed by atoms with van der Waals surface area (Å²) < 4.78 is 5.62. The Bertz CT molecular complexity index is 504. The van der Waals surface area contributed by atoms with Crippen LogP contribution < -0.4 is 15.0 Å². The van der Waals surface area contributed by atoms with Crippen molar-refractivity contribution in [2.45, 2.75) is 13.3 Å². The molecular formula is C13H20N4O3. The zero-order chi connectivity index (χ0) is 14.7. The van der Waals surface area contributed by atoms with Crippen LogP contribution in [0.1, 0.15) is 13.3 Å². The van der Waals surface area contributed by atoms with Crippen LogP contribution >= 0.6 is 0 Å². The van der Waals surface area contributed by atoms with Gasteiger partial charge < -0.3 is 9.64 Å². The summed E-state index contributed by atoms with van der Waals surface area (Å²) in [6.45, 7) is 3.20. The van der Waals surface area contributed by atoms with E-state index in [0.717, 1.165) is 16.8 Å². The predicted molar refractivity (Wildman–Crippen MR) is 76.7 cm³/mol. The molecule has 0 saturated heterocycles. The van der Waals surface area contributed by atoms with Crippen LogP contribution in [0.4, 0.5) is 11.4 Å². The maximum Gasteiger partial charge on any atom is 0.157 e. The summed E-state index contributed by atoms with van der Waals surface area (Å²) in [6, 6.07) is 5.07. The lowest BCUT2D eigenvalue weighted by atomic mass is 10.2. The zero-order valence-electron chi connectivity index (χ0n) is 11.9. The van der Waals surface area contributed by atoms with Crippen molar-refractivity contribution < 1.29 is 15.2 Å². The van der Waals surface area contributed by atoms with E-state index in [0.29, 0.717) is 36.0 Å². The highest BCUT2D eigenvalue weighted by atomic mass is 16.5. The van der Waals surface area contributed by atoms with Crippen molar-refractivity contribution in [2.24, 2.45) is 5.10 Å². The Balaban J connectivity index is 2.17. The average Bonchev–Trinajstić information content (AvgIpc) is 2.42. The molecule has 0 fully saturated rings. The molecule has 0 saturated carbocycles. The fourth-order valence-corrected chi connectivity index (χ4v) is 1.84. The van der Waals surface area contributed by atoms with E-state index in [1.165, 1.54) is 0 Å². The van der Waals surface area contributed by atoms with Crippen molar-refractivity contribution in [3.8, 4) is 5.75 Å². The Labute approximate surface area is 118 Å². The van der Waals surface area contributed by atoms with E-state index in [1.54, 1.807) is 18.2 Å². The Morgan fingerprint density at radius 2 is 2.00 bits per heavy atom. The van der Waals surface area contributed by atoms with Gasteiger partial charge in [0.25, 0.3) is 0 Å². The molecule has 0 aliphatic carbocycles. The number of hydrogen-bond acceptors (Lipinski definition) is 7. The number of benzene rings is 1. The first-order valence-electron chi connectivity index (χ1n) is 6.50. The molecule has 0 unspecified atom stereocenters. The molecule has 0 atom stereocenters. The van der Waals surface area contributed by atoms with E-state index in [-0.39, 0.29) is 0 Å². The topological polar surface area (TPSA) is 71.8 Å². The molecule has 1 aliphatic rings. The first-order valence-corrected chi connectivity index (χ1v) is 6.50. The van der Waals surface area contributed by atoms with E-state index in [4.69, 9.17) is 4.74 Å². The van der Waals surface area contributed by atoms with Crippen LogP contribution in [0.2, 0.25) is 0 Å². The molecule has 2 N–H and O–H groups in total. The Morgan fingerprint density at radius 3 is 2.65 bits per heavy atom. The molecule has 20 heavy (non-hydrogen) atoms. The van der Waals surface area contributed by atoms with Crippen LogP contribution in [-0.2, 0) is 0 Å². The normalized spacial score (nSPS) is 14.4. The van der Waals surface area contributed by atoms with Gasteiger partial charge in [-0.3, -0.25) is 10.4 Å².